The van der Waals surface area contributed by atoms with Crippen LogP contribution in [0.15, 0.2) is 68.2 Å². The number of rotatable bonds is 8. The first-order chi connectivity index (χ1) is 14.5. The molecule has 1 amide bonds. The number of amides is 1. The van der Waals surface area contributed by atoms with Crippen molar-refractivity contribution in [2.24, 2.45) is 5.10 Å². The average molecular weight is 446 g/mol. The molecule has 9 nitrogen and oxygen atoms in total. The van der Waals surface area contributed by atoms with Crippen molar-refractivity contribution in [1.82, 2.24) is 20.6 Å². The van der Waals surface area contributed by atoms with Gasteiger partial charge in [0.1, 0.15) is 12.4 Å². The largest absolute Gasteiger partial charge is 0.488 e. The molecule has 0 aliphatic carbocycles. The van der Waals surface area contributed by atoms with Gasteiger partial charge in [0, 0.05) is 10.6 Å². The zero-order chi connectivity index (χ0) is 21.3. The van der Waals surface area contributed by atoms with Crippen LogP contribution in [-0.2, 0) is 11.4 Å². The van der Waals surface area contributed by atoms with E-state index in [2.05, 4.69) is 20.7 Å². The summed E-state index contributed by atoms with van der Waals surface area (Å²) in [4.78, 5) is 36.4. The molecule has 3 rings (SSSR count). The highest BCUT2D eigenvalue weighted by Crippen LogP contribution is 2.18. The second-order valence-corrected chi connectivity index (χ2v) is 7.25. The molecule has 154 valence electrons. The van der Waals surface area contributed by atoms with Crippen LogP contribution in [0.3, 0.4) is 0 Å². The minimum atomic E-state index is -0.713. The highest BCUT2D eigenvalue weighted by molar-refractivity contribution is 7.99. The average Bonchev–Trinajstić information content (AvgIpc) is 2.73. The van der Waals surface area contributed by atoms with Gasteiger partial charge in [-0.05, 0) is 29.8 Å². The second-order valence-electron chi connectivity index (χ2n) is 5.85. The van der Waals surface area contributed by atoms with Crippen LogP contribution in [-0.4, -0.2) is 33.1 Å². The molecule has 0 fully saturated rings. The number of benzene rings is 2. The number of ether oxygens (including phenoxy) is 1. The van der Waals surface area contributed by atoms with Gasteiger partial charge in [0.2, 0.25) is 5.91 Å². The number of nitrogens with zero attached hydrogens (tertiary/aromatic N) is 2. The van der Waals surface area contributed by atoms with Crippen LogP contribution < -0.4 is 21.4 Å². The number of aromatic nitrogens is 3. The Morgan fingerprint density at radius 3 is 2.73 bits per heavy atom. The van der Waals surface area contributed by atoms with Gasteiger partial charge in [-0.1, -0.05) is 47.6 Å². The molecule has 0 aliphatic heterocycles. The van der Waals surface area contributed by atoms with Crippen molar-refractivity contribution in [3.05, 3.63) is 85.5 Å². The maximum Gasteiger partial charge on any atom is 0.342 e. The number of nitrogens with one attached hydrogen (secondary N) is 3. The van der Waals surface area contributed by atoms with E-state index in [-0.39, 0.29) is 10.8 Å². The molecular formula is C19H16ClN5O4S. The number of halogens is 1. The molecule has 0 aliphatic rings. The van der Waals surface area contributed by atoms with Gasteiger partial charge in [-0.2, -0.15) is 10.2 Å². The Kier molecular flexibility index (Phi) is 7.41. The molecule has 0 saturated heterocycles. The first kappa shape index (κ1) is 21.3. The van der Waals surface area contributed by atoms with E-state index in [1.54, 1.807) is 24.3 Å². The van der Waals surface area contributed by atoms with Gasteiger partial charge in [0.25, 0.3) is 5.56 Å². The summed E-state index contributed by atoms with van der Waals surface area (Å²) >= 11 is 6.75. The lowest BCUT2D eigenvalue weighted by Crippen LogP contribution is -2.26. The van der Waals surface area contributed by atoms with Crippen LogP contribution >= 0.6 is 23.4 Å². The van der Waals surface area contributed by atoms with Crippen molar-refractivity contribution in [2.45, 2.75) is 11.6 Å². The summed E-state index contributed by atoms with van der Waals surface area (Å²) < 4.78 is 5.82. The molecule has 0 spiro atoms. The number of para-hydroxylation sites is 1. The van der Waals surface area contributed by atoms with E-state index in [0.717, 1.165) is 17.3 Å². The lowest BCUT2D eigenvalue weighted by molar-refractivity contribution is -0.118. The monoisotopic (exact) mass is 445 g/mol. The summed E-state index contributed by atoms with van der Waals surface area (Å²) in [6.45, 7) is 0.353. The maximum atomic E-state index is 11.9. The Labute approximate surface area is 179 Å². The van der Waals surface area contributed by atoms with E-state index in [9.17, 15) is 14.4 Å². The Morgan fingerprint density at radius 2 is 1.97 bits per heavy atom. The van der Waals surface area contributed by atoms with Gasteiger partial charge in [-0.3, -0.25) is 14.6 Å². The Bertz CT molecular complexity index is 1160. The van der Waals surface area contributed by atoms with Crippen LogP contribution in [0.4, 0.5) is 0 Å². The number of hydrogen-bond acceptors (Lipinski definition) is 7. The predicted molar refractivity (Wildman–Crippen MR) is 114 cm³/mol. The van der Waals surface area contributed by atoms with Crippen LogP contribution in [0.25, 0.3) is 0 Å². The van der Waals surface area contributed by atoms with Crippen molar-refractivity contribution in [2.75, 3.05) is 5.75 Å². The number of thioether (sulfide) groups is 1. The van der Waals surface area contributed by atoms with E-state index in [1.807, 2.05) is 29.2 Å². The van der Waals surface area contributed by atoms with Crippen molar-refractivity contribution >= 4 is 35.5 Å². The minimum Gasteiger partial charge on any atom is -0.488 e. The zero-order valence-corrected chi connectivity index (χ0v) is 17.0. The molecule has 11 heteroatoms. The Hall–Kier alpha value is -3.37. The fourth-order valence-corrected chi connectivity index (χ4v) is 2.99. The van der Waals surface area contributed by atoms with Crippen LogP contribution in [0.1, 0.15) is 11.1 Å². The minimum absolute atomic E-state index is 0.0188. The van der Waals surface area contributed by atoms with Crippen molar-refractivity contribution in [3.8, 4) is 5.75 Å². The topological polar surface area (TPSA) is 129 Å². The molecule has 1 heterocycles. The predicted octanol–water partition coefficient (Wildman–Crippen LogP) is 1.93. The number of carbonyl (C=O) groups excluding carboxylic acids is 1. The summed E-state index contributed by atoms with van der Waals surface area (Å²) in [5.41, 5.74) is 2.63. The Balaban J connectivity index is 1.54. The summed E-state index contributed by atoms with van der Waals surface area (Å²) in [5, 5.41) is 10.2. The highest BCUT2D eigenvalue weighted by atomic mass is 35.5. The molecule has 30 heavy (non-hydrogen) atoms. The van der Waals surface area contributed by atoms with Gasteiger partial charge in [0.05, 0.1) is 12.0 Å². The fourth-order valence-electron chi connectivity index (χ4n) is 2.24. The molecule has 0 saturated carbocycles. The van der Waals surface area contributed by atoms with Crippen molar-refractivity contribution in [3.63, 3.8) is 0 Å². The fraction of sp³-hybridized carbons (Fsp3) is 0.105. The van der Waals surface area contributed by atoms with Crippen molar-refractivity contribution < 1.29 is 9.53 Å². The molecule has 0 atom stereocenters. The van der Waals surface area contributed by atoms with Gasteiger partial charge < -0.3 is 4.74 Å². The molecule has 0 unspecified atom stereocenters. The number of hydrogen-bond donors (Lipinski definition) is 3. The first-order valence-electron chi connectivity index (χ1n) is 8.61. The SMILES string of the molecule is O=C(CSc1n[nH]c(=O)[nH]c1=O)N/N=C/c1ccccc1OCc1ccc(Cl)cc1. The van der Waals surface area contributed by atoms with E-state index >= 15 is 0 Å². The second kappa shape index (κ2) is 10.4. The van der Waals surface area contributed by atoms with Crippen LogP contribution in [0.2, 0.25) is 5.02 Å². The van der Waals surface area contributed by atoms with E-state index in [4.69, 9.17) is 16.3 Å². The lowest BCUT2D eigenvalue weighted by Gasteiger charge is -2.09. The molecule has 1 aromatic heterocycles. The highest BCUT2D eigenvalue weighted by Gasteiger charge is 2.07. The summed E-state index contributed by atoms with van der Waals surface area (Å²) in [5.74, 6) is 0.0563. The molecule has 2 aromatic carbocycles. The van der Waals surface area contributed by atoms with E-state index in [1.165, 1.54) is 6.21 Å². The number of hydrazone groups is 1. The standard InChI is InChI=1S/C19H16ClN5O4S/c20-14-7-5-12(6-8-14)10-29-15-4-2-1-3-13(15)9-21-23-16(26)11-30-18-17(27)22-19(28)25-24-18/h1-9H,10-11H2,(H,23,26)(H2,22,25,27,28)/b21-9+. The summed E-state index contributed by atoms with van der Waals surface area (Å²) in [6.07, 6.45) is 1.46. The molecule has 0 bridgehead atoms. The molecule has 3 aromatic rings. The number of H-pyrrole nitrogens is 2. The summed E-state index contributed by atoms with van der Waals surface area (Å²) in [7, 11) is 0. The third kappa shape index (κ3) is 6.33. The van der Waals surface area contributed by atoms with Gasteiger partial charge in [-0.15, -0.1) is 0 Å². The third-order valence-electron chi connectivity index (χ3n) is 3.64. The first-order valence-corrected chi connectivity index (χ1v) is 9.97. The molecule has 0 radical (unpaired) electrons. The smallest absolute Gasteiger partial charge is 0.342 e. The maximum absolute atomic E-state index is 11.9. The van der Waals surface area contributed by atoms with Crippen LogP contribution in [0, 0.1) is 0 Å². The zero-order valence-electron chi connectivity index (χ0n) is 15.4. The van der Waals surface area contributed by atoms with Crippen molar-refractivity contribution in [1.29, 1.82) is 0 Å². The normalized spacial score (nSPS) is 10.8. The van der Waals surface area contributed by atoms with E-state index < -0.39 is 17.2 Å². The van der Waals surface area contributed by atoms with Gasteiger partial charge in [0.15, 0.2) is 5.03 Å². The molecular weight excluding hydrogens is 430 g/mol. The van der Waals surface area contributed by atoms with Crippen LogP contribution in [0.5, 0.6) is 5.75 Å². The molecule has 3 N–H and O–H groups in total. The third-order valence-corrected chi connectivity index (χ3v) is 4.85. The van der Waals surface area contributed by atoms with Gasteiger partial charge >= 0.3 is 5.69 Å². The van der Waals surface area contributed by atoms with E-state index in [0.29, 0.717) is 22.9 Å². The Morgan fingerprint density at radius 1 is 1.20 bits per heavy atom. The quantitative estimate of drug-likeness (QED) is 0.276. The van der Waals surface area contributed by atoms with Gasteiger partial charge in [-0.25, -0.2) is 15.3 Å². The summed E-state index contributed by atoms with van der Waals surface area (Å²) in [6, 6.07) is 14.6. The number of carbonyl (C=O) groups is 1. The number of aromatic amines is 2. The lowest BCUT2D eigenvalue weighted by atomic mass is 10.2.